The number of alkyl halides is 1. The summed E-state index contributed by atoms with van der Waals surface area (Å²) in [5.74, 6) is 0.395. The van der Waals surface area contributed by atoms with Crippen molar-refractivity contribution in [1.82, 2.24) is 9.55 Å². The number of imidazole rings is 1. The highest BCUT2D eigenvalue weighted by Gasteiger charge is 2.24. The lowest BCUT2D eigenvalue weighted by Gasteiger charge is -2.08. The Morgan fingerprint density at radius 2 is 2.40 bits per heavy atom. The van der Waals surface area contributed by atoms with E-state index in [4.69, 9.17) is 11.6 Å². The third-order valence-corrected chi connectivity index (χ3v) is 3.25. The molecule has 0 saturated carbocycles. The van der Waals surface area contributed by atoms with E-state index in [0.717, 1.165) is 0 Å². The highest BCUT2D eigenvalue weighted by molar-refractivity contribution is 14.1. The Bertz CT molecular complexity index is 382. The van der Waals surface area contributed by atoms with E-state index in [-0.39, 0.29) is 18.2 Å². The first kappa shape index (κ1) is 12.7. The minimum Gasteiger partial charge on any atom is -0.390 e. The van der Waals surface area contributed by atoms with Gasteiger partial charge in [0.2, 0.25) is 5.82 Å². The van der Waals surface area contributed by atoms with E-state index in [1.54, 1.807) is 11.5 Å². The van der Waals surface area contributed by atoms with Crippen LogP contribution in [0.25, 0.3) is 0 Å². The predicted molar refractivity (Wildman–Crippen MR) is 63.1 cm³/mol. The van der Waals surface area contributed by atoms with Crippen LogP contribution in [-0.2, 0) is 6.54 Å². The maximum Gasteiger partial charge on any atom is 0.395 e. The molecular formula is C7H9ClIN3O3. The van der Waals surface area contributed by atoms with E-state index in [9.17, 15) is 15.2 Å². The molecule has 8 heteroatoms. The lowest BCUT2D eigenvalue weighted by Crippen LogP contribution is -2.19. The van der Waals surface area contributed by atoms with Gasteiger partial charge in [-0.2, -0.15) is 0 Å². The summed E-state index contributed by atoms with van der Waals surface area (Å²) in [4.78, 5) is 13.8. The molecule has 1 N–H and O–H groups in total. The fraction of sp³-hybridized carbons (Fsp3) is 0.571. The average Bonchev–Trinajstić information content (AvgIpc) is 2.45. The lowest BCUT2D eigenvalue weighted by atomic mass is 10.4. The van der Waals surface area contributed by atoms with Crippen LogP contribution in [0.4, 0.5) is 5.82 Å². The van der Waals surface area contributed by atoms with Gasteiger partial charge in [-0.3, -0.25) is 4.57 Å². The van der Waals surface area contributed by atoms with E-state index in [0.29, 0.717) is 9.53 Å². The number of rotatable bonds is 4. The van der Waals surface area contributed by atoms with Crippen molar-refractivity contribution >= 4 is 40.0 Å². The number of hydrogen-bond acceptors (Lipinski definition) is 4. The summed E-state index contributed by atoms with van der Waals surface area (Å²) >= 11 is 7.29. The van der Waals surface area contributed by atoms with Crippen molar-refractivity contribution in [3.63, 3.8) is 0 Å². The fourth-order valence-electron chi connectivity index (χ4n) is 1.11. The van der Waals surface area contributed by atoms with Gasteiger partial charge in [0.05, 0.1) is 18.5 Å². The van der Waals surface area contributed by atoms with E-state index in [2.05, 4.69) is 4.98 Å². The third-order valence-electron chi connectivity index (χ3n) is 1.82. The van der Waals surface area contributed by atoms with Gasteiger partial charge in [-0.1, -0.05) is 0 Å². The summed E-state index contributed by atoms with van der Waals surface area (Å²) in [5, 5.41) is 19.9. The standard InChI is InChI=1S/C7H9ClIN3O3/c1-4-10-7(12(14)15)6(9)11(4)3-5(13)2-8/h5,13H,2-3H2,1H3. The molecule has 1 atom stereocenters. The first-order valence-electron chi connectivity index (χ1n) is 4.08. The van der Waals surface area contributed by atoms with E-state index < -0.39 is 11.0 Å². The third kappa shape index (κ3) is 2.79. The summed E-state index contributed by atoms with van der Waals surface area (Å²) in [6.07, 6.45) is -0.729. The first-order valence-corrected chi connectivity index (χ1v) is 5.69. The zero-order chi connectivity index (χ0) is 11.6. The molecule has 84 valence electrons. The molecule has 0 aliphatic heterocycles. The van der Waals surface area contributed by atoms with Crippen molar-refractivity contribution in [3.05, 3.63) is 19.6 Å². The Balaban J connectivity index is 3.03. The zero-order valence-electron chi connectivity index (χ0n) is 7.85. The summed E-state index contributed by atoms with van der Waals surface area (Å²) in [6.45, 7) is 1.87. The molecular weight excluding hydrogens is 336 g/mol. The second-order valence-electron chi connectivity index (χ2n) is 2.95. The van der Waals surface area contributed by atoms with E-state index in [1.165, 1.54) is 0 Å². The van der Waals surface area contributed by atoms with Crippen LogP contribution in [0.5, 0.6) is 0 Å². The van der Waals surface area contributed by atoms with Gasteiger partial charge in [0.25, 0.3) is 0 Å². The number of nitrogens with zero attached hydrogens (tertiary/aromatic N) is 3. The zero-order valence-corrected chi connectivity index (χ0v) is 10.8. The van der Waals surface area contributed by atoms with Crippen molar-refractivity contribution in [1.29, 1.82) is 0 Å². The molecule has 0 spiro atoms. The van der Waals surface area contributed by atoms with Crippen LogP contribution in [-0.4, -0.2) is 31.6 Å². The second kappa shape index (κ2) is 5.08. The SMILES string of the molecule is Cc1nc([N+](=O)[O-])c(I)n1CC(O)CCl. The minimum atomic E-state index is -0.729. The fourth-order valence-corrected chi connectivity index (χ4v) is 2.07. The lowest BCUT2D eigenvalue weighted by molar-refractivity contribution is -0.390. The summed E-state index contributed by atoms with van der Waals surface area (Å²) in [5.41, 5.74) is 0. The van der Waals surface area contributed by atoms with Gasteiger partial charge in [0.1, 0.15) is 0 Å². The van der Waals surface area contributed by atoms with Gasteiger partial charge in [-0.15, -0.1) is 11.6 Å². The Labute approximate surface area is 105 Å². The van der Waals surface area contributed by atoms with Crippen LogP contribution in [0.3, 0.4) is 0 Å². The number of nitro groups is 1. The molecule has 0 aromatic carbocycles. The van der Waals surface area contributed by atoms with Crippen LogP contribution < -0.4 is 0 Å². The van der Waals surface area contributed by atoms with Gasteiger partial charge in [-0.05, 0) is 32.5 Å². The molecule has 6 nitrogen and oxygen atoms in total. The topological polar surface area (TPSA) is 81.2 Å². The molecule has 1 unspecified atom stereocenters. The van der Waals surface area contributed by atoms with Gasteiger partial charge >= 0.3 is 5.82 Å². The van der Waals surface area contributed by atoms with E-state index >= 15 is 0 Å². The molecule has 0 fully saturated rings. The monoisotopic (exact) mass is 345 g/mol. The van der Waals surface area contributed by atoms with Gasteiger partial charge in [0, 0.05) is 6.92 Å². The maximum absolute atomic E-state index is 10.6. The Hall–Kier alpha value is -0.410. The molecule has 0 aliphatic carbocycles. The number of aromatic nitrogens is 2. The van der Waals surface area contributed by atoms with Crippen molar-refractivity contribution in [3.8, 4) is 0 Å². The predicted octanol–water partition coefficient (Wildman–Crippen LogP) is 1.30. The van der Waals surface area contributed by atoms with Crippen molar-refractivity contribution in [2.24, 2.45) is 0 Å². The molecule has 0 aliphatic rings. The number of aliphatic hydroxyl groups is 1. The first-order chi connectivity index (χ1) is 6.97. The van der Waals surface area contributed by atoms with Crippen LogP contribution in [0, 0.1) is 20.7 Å². The molecule has 1 heterocycles. The average molecular weight is 346 g/mol. The van der Waals surface area contributed by atoms with Crippen molar-refractivity contribution < 1.29 is 10.0 Å². The normalized spacial score (nSPS) is 12.8. The summed E-state index contributed by atoms with van der Waals surface area (Å²) in [6, 6.07) is 0. The molecule has 1 aromatic heterocycles. The highest BCUT2D eigenvalue weighted by atomic mass is 127. The minimum absolute atomic E-state index is 0.0848. The van der Waals surface area contributed by atoms with Crippen LogP contribution in [0.15, 0.2) is 0 Å². The highest BCUT2D eigenvalue weighted by Crippen LogP contribution is 2.21. The largest absolute Gasteiger partial charge is 0.395 e. The van der Waals surface area contributed by atoms with Crippen molar-refractivity contribution in [2.45, 2.75) is 19.6 Å². The molecule has 15 heavy (non-hydrogen) atoms. The Kier molecular flexibility index (Phi) is 4.29. The molecule has 1 rings (SSSR count). The van der Waals surface area contributed by atoms with Gasteiger partial charge in [0.15, 0.2) is 3.70 Å². The van der Waals surface area contributed by atoms with Gasteiger partial charge in [-0.25, -0.2) is 0 Å². The number of halogens is 2. The van der Waals surface area contributed by atoms with Crippen LogP contribution in [0.1, 0.15) is 5.82 Å². The van der Waals surface area contributed by atoms with Crippen LogP contribution in [0.2, 0.25) is 0 Å². The van der Waals surface area contributed by atoms with Gasteiger partial charge < -0.3 is 15.2 Å². The smallest absolute Gasteiger partial charge is 0.390 e. The number of hydrogen-bond donors (Lipinski definition) is 1. The summed E-state index contributed by atoms with van der Waals surface area (Å²) in [7, 11) is 0. The number of aryl methyl sites for hydroxylation is 1. The Morgan fingerprint density at radius 3 is 2.80 bits per heavy atom. The molecule has 0 bridgehead atoms. The molecule has 0 amide bonds. The van der Waals surface area contributed by atoms with Crippen molar-refractivity contribution in [2.75, 3.05) is 5.88 Å². The van der Waals surface area contributed by atoms with E-state index in [1.807, 2.05) is 22.6 Å². The summed E-state index contributed by atoms with van der Waals surface area (Å²) < 4.78 is 1.98. The number of aliphatic hydroxyl groups excluding tert-OH is 1. The molecule has 0 radical (unpaired) electrons. The maximum atomic E-state index is 10.6. The molecule has 0 saturated heterocycles. The quantitative estimate of drug-likeness (QED) is 0.386. The molecule has 1 aromatic rings. The second-order valence-corrected chi connectivity index (χ2v) is 4.28. The Morgan fingerprint density at radius 1 is 1.80 bits per heavy atom. The van der Waals surface area contributed by atoms with Crippen LogP contribution >= 0.6 is 34.2 Å².